The molecule has 1 fully saturated rings. The third-order valence-electron chi connectivity index (χ3n) is 8.90. The van der Waals surface area contributed by atoms with E-state index in [0.717, 1.165) is 11.0 Å². The quantitative estimate of drug-likeness (QED) is 0.211. The second-order valence-corrected chi connectivity index (χ2v) is 12.1. The summed E-state index contributed by atoms with van der Waals surface area (Å²) in [5, 5.41) is 5.03. The highest BCUT2D eigenvalue weighted by Crippen LogP contribution is 2.38. The fourth-order valence-corrected chi connectivity index (χ4v) is 5.87. The SMILES string of the molecule is CC1(C)OB(c2cccc(-c3ccc(-c4cc(-c5cccc6ccccc56)cc5ccccc45)cc3)c2)OC1(C)C. The molecule has 1 aliphatic heterocycles. The molecule has 0 N–H and O–H groups in total. The summed E-state index contributed by atoms with van der Waals surface area (Å²) in [6.45, 7) is 8.37. The van der Waals surface area contributed by atoms with Crippen molar-refractivity contribution in [3.63, 3.8) is 0 Å². The molecule has 0 amide bonds. The van der Waals surface area contributed by atoms with Crippen LogP contribution in [0.4, 0.5) is 0 Å². The van der Waals surface area contributed by atoms with Crippen molar-refractivity contribution in [3.05, 3.63) is 127 Å². The summed E-state index contributed by atoms with van der Waals surface area (Å²) in [6.07, 6.45) is 0. The zero-order chi connectivity index (χ0) is 28.2. The molecule has 0 atom stereocenters. The molecule has 41 heavy (non-hydrogen) atoms. The maximum atomic E-state index is 6.31. The van der Waals surface area contributed by atoms with E-state index < -0.39 is 0 Å². The maximum Gasteiger partial charge on any atom is 0.494 e. The summed E-state index contributed by atoms with van der Waals surface area (Å²) in [7, 11) is -0.373. The van der Waals surface area contributed by atoms with Crippen molar-refractivity contribution in [3.8, 4) is 33.4 Å². The van der Waals surface area contributed by atoms with Crippen LogP contribution in [0.15, 0.2) is 127 Å². The van der Waals surface area contributed by atoms with Gasteiger partial charge in [0.2, 0.25) is 0 Å². The van der Waals surface area contributed by atoms with Gasteiger partial charge in [-0.1, -0.05) is 115 Å². The fourth-order valence-electron chi connectivity index (χ4n) is 5.87. The van der Waals surface area contributed by atoms with Gasteiger partial charge in [0, 0.05) is 0 Å². The Morgan fingerprint density at radius 2 is 1.02 bits per heavy atom. The fraction of sp³-hybridized carbons (Fsp3) is 0.158. The predicted molar refractivity (Wildman–Crippen MR) is 173 cm³/mol. The van der Waals surface area contributed by atoms with Gasteiger partial charge >= 0.3 is 7.12 Å². The summed E-state index contributed by atoms with van der Waals surface area (Å²) in [5.74, 6) is 0. The van der Waals surface area contributed by atoms with Crippen LogP contribution >= 0.6 is 0 Å². The van der Waals surface area contributed by atoms with Crippen molar-refractivity contribution in [2.75, 3.05) is 0 Å². The van der Waals surface area contributed by atoms with E-state index in [0.29, 0.717) is 0 Å². The van der Waals surface area contributed by atoms with Crippen LogP contribution in [0.25, 0.3) is 54.9 Å². The van der Waals surface area contributed by atoms with E-state index in [1.54, 1.807) is 0 Å². The zero-order valence-electron chi connectivity index (χ0n) is 24.0. The zero-order valence-corrected chi connectivity index (χ0v) is 24.0. The summed E-state index contributed by atoms with van der Waals surface area (Å²) in [4.78, 5) is 0. The Bertz CT molecular complexity index is 1880. The number of fused-ring (bicyclic) bond motifs is 2. The Balaban J connectivity index is 1.27. The lowest BCUT2D eigenvalue weighted by Gasteiger charge is -2.32. The lowest BCUT2D eigenvalue weighted by Crippen LogP contribution is -2.41. The average molecular weight is 532 g/mol. The van der Waals surface area contributed by atoms with E-state index in [-0.39, 0.29) is 18.3 Å². The molecule has 6 aromatic rings. The molecule has 3 heteroatoms. The minimum Gasteiger partial charge on any atom is -0.399 e. The second-order valence-electron chi connectivity index (χ2n) is 12.1. The van der Waals surface area contributed by atoms with Gasteiger partial charge in [0.1, 0.15) is 0 Å². The topological polar surface area (TPSA) is 18.5 Å². The maximum absolute atomic E-state index is 6.31. The van der Waals surface area contributed by atoms with Crippen molar-refractivity contribution < 1.29 is 9.31 Å². The van der Waals surface area contributed by atoms with Crippen LogP contribution in [0, 0.1) is 0 Å². The van der Waals surface area contributed by atoms with Gasteiger partial charge in [-0.3, -0.25) is 0 Å². The summed E-state index contributed by atoms with van der Waals surface area (Å²) in [5.41, 5.74) is 7.56. The first-order chi connectivity index (χ1) is 19.8. The lowest BCUT2D eigenvalue weighted by molar-refractivity contribution is 0.00578. The molecule has 1 aliphatic rings. The van der Waals surface area contributed by atoms with Gasteiger partial charge in [-0.15, -0.1) is 0 Å². The second kappa shape index (κ2) is 9.73. The molecule has 0 bridgehead atoms. The van der Waals surface area contributed by atoms with Crippen LogP contribution in [0.1, 0.15) is 27.7 Å². The van der Waals surface area contributed by atoms with Gasteiger partial charge in [0.05, 0.1) is 11.2 Å². The van der Waals surface area contributed by atoms with E-state index in [1.807, 2.05) is 0 Å². The lowest BCUT2D eigenvalue weighted by atomic mass is 9.78. The number of rotatable bonds is 4. The van der Waals surface area contributed by atoms with E-state index in [1.165, 1.54) is 49.4 Å². The Hall–Kier alpha value is -4.18. The average Bonchev–Trinajstić information content (AvgIpc) is 3.22. The van der Waals surface area contributed by atoms with Crippen molar-refractivity contribution in [2.45, 2.75) is 38.9 Å². The monoisotopic (exact) mass is 532 g/mol. The first-order valence-electron chi connectivity index (χ1n) is 14.4. The molecule has 0 radical (unpaired) electrons. The normalized spacial score (nSPS) is 16.0. The third kappa shape index (κ3) is 4.56. The largest absolute Gasteiger partial charge is 0.494 e. The van der Waals surface area contributed by atoms with Crippen molar-refractivity contribution in [1.82, 2.24) is 0 Å². The molecule has 0 aliphatic carbocycles. The number of benzene rings is 6. The van der Waals surface area contributed by atoms with Gasteiger partial charge in [0.25, 0.3) is 0 Å². The Kier molecular flexibility index (Phi) is 6.12. The van der Waals surface area contributed by atoms with E-state index in [2.05, 4.69) is 155 Å². The van der Waals surface area contributed by atoms with Crippen LogP contribution < -0.4 is 5.46 Å². The van der Waals surface area contributed by atoms with Crippen LogP contribution in [0.3, 0.4) is 0 Å². The standard InChI is InChI=1S/C38H33BO2/c1-37(2)38(3,4)41-39(40-37)32-15-9-14-29(24-32)26-19-21-28(22-20-26)36-25-31(23-30-12-6-8-17-34(30)36)35-18-10-13-27-11-5-7-16-33(27)35/h5-25H,1-4H3. The minimum absolute atomic E-state index is 0.362. The molecule has 7 rings (SSSR count). The summed E-state index contributed by atoms with van der Waals surface area (Å²) in [6, 6.07) is 46.0. The number of hydrogen-bond acceptors (Lipinski definition) is 2. The number of hydrogen-bond donors (Lipinski definition) is 0. The van der Waals surface area contributed by atoms with E-state index >= 15 is 0 Å². The summed E-state index contributed by atoms with van der Waals surface area (Å²) < 4.78 is 12.6. The molecule has 1 heterocycles. The molecule has 6 aromatic carbocycles. The van der Waals surface area contributed by atoms with Crippen LogP contribution in [-0.4, -0.2) is 18.3 Å². The van der Waals surface area contributed by atoms with Gasteiger partial charge in [-0.2, -0.15) is 0 Å². The van der Waals surface area contributed by atoms with E-state index in [4.69, 9.17) is 9.31 Å². The van der Waals surface area contributed by atoms with Crippen molar-refractivity contribution in [1.29, 1.82) is 0 Å². The molecule has 0 saturated carbocycles. The van der Waals surface area contributed by atoms with Gasteiger partial charge < -0.3 is 9.31 Å². The molecule has 1 saturated heterocycles. The Labute approximate surface area is 242 Å². The molecular formula is C38H33BO2. The van der Waals surface area contributed by atoms with Gasteiger partial charge in [-0.05, 0) is 100 Å². The third-order valence-corrected chi connectivity index (χ3v) is 8.90. The molecule has 0 aromatic heterocycles. The highest BCUT2D eigenvalue weighted by molar-refractivity contribution is 6.62. The molecule has 0 unspecified atom stereocenters. The Morgan fingerprint density at radius 1 is 0.439 bits per heavy atom. The molecule has 2 nitrogen and oxygen atoms in total. The first-order valence-corrected chi connectivity index (χ1v) is 14.4. The Morgan fingerprint density at radius 3 is 1.76 bits per heavy atom. The van der Waals surface area contributed by atoms with E-state index in [9.17, 15) is 0 Å². The predicted octanol–water partition coefficient (Wildman–Crippen LogP) is 9.29. The smallest absolute Gasteiger partial charge is 0.399 e. The van der Waals surface area contributed by atoms with Crippen molar-refractivity contribution >= 4 is 34.1 Å². The highest BCUT2D eigenvalue weighted by atomic mass is 16.7. The molecule has 0 spiro atoms. The summed E-state index contributed by atoms with van der Waals surface area (Å²) >= 11 is 0. The van der Waals surface area contributed by atoms with Gasteiger partial charge in [-0.25, -0.2) is 0 Å². The van der Waals surface area contributed by atoms with Gasteiger partial charge in [0.15, 0.2) is 0 Å². The van der Waals surface area contributed by atoms with Crippen LogP contribution in [0.2, 0.25) is 0 Å². The van der Waals surface area contributed by atoms with Crippen molar-refractivity contribution in [2.24, 2.45) is 0 Å². The molecule has 200 valence electrons. The highest BCUT2D eigenvalue weighted by Gasteiger charge is 2.51. The van der Waals surface area contributed by atoms with Crippen LogP contribution in [0.5, 0.6) is 0 Å². The minimum atomic E-state index is -0.373. The first kappa shape index (κ1) is 25.8. The van der Waals surface area contributed by atoms with Crippen LogP contribution in [-0.2, 0) is 9.31 Å². The molecular weight excluding hydrogens is 499 g/mol.